The normalized spacial score (nSPS) is 32.2. The van der Waals surface area contributed by atoms with Crippen molar-refractivity contribution in [1.82, 2.24) is 14.5 Å². The standard InChI is InChI=1S/C11H15F3N4O2S/c1-18-9(2-8(16-18)11(12,13)14)21(19,20)17-6-3-10(4-6)5-7(10)15/h2,6-7,17H,3-5,15H2,1H3. The van der Waals surface area contributed by atoms with Crippen LogP contribution in [0.4, 0.5) is 13.2 Å². The number of hydrogen-bond acceptors (Lipinski definition) is 4. The minimum absolute atomic E-state index is 0.0524. The molecular formula is C11H15F3N4O2S. The number of aryl methyl sites for hydroxylation is 1. The molecule has 2 fully saturated rings. The van der Waals surface area contributed by atoms with E-state index in [1.54, 1.807) is 0 Å². The Morgan fingerprint density at radius 1 is 1.43 bits per heavy atom. The van der Waals surface area contributed by atoms with Crippen LogP contribution in [-0.4, -0.2) is 30.3 Å². The minimum atomic E-state index is -4.67. The maximum absolute atomic E-state index is 12.6. The number of nitrogens with two attached hydrogens (primary N) is 1. The van der Waals surface area contributed by atoms with Crippen molar-refractivity contribution in [2.24, 2.45) is 18.2 Å². The summed E-state index contributed by atoms with van der Waals surface area (Å²) >= 11 is 0. The molecule has 3 rings (SSSR count). The van der Waals surface area contributed by atoms with Crippen LogP contribution >= 0.6 is 0 Å². The van der Waals surface area contributed by atoms with Gasteiger partial charge in [-0.1, -0.05) is 0 Å². The summed E-state index contributed by atoms with van der Waals surface area (Å²) < 4.78 is 65.1. The second kappa shape index (κ2) is 4.20. The highest BCUT2D eigenvalue weighted by molar-refractivity contribution is 7.89. The van der Waals surface area contributed by atoms with Gasteiger partial charge in [0, 0.05) is 25.2 Å². The largest absolute Gasteiger partial charge is 0.435 e. The van der Waals surface area contributed by atoms with Crippen molar-refractivity contribution >= 4 is 10.0 Å². The summed E-state index contributed by atoms with van der Waals surface area (Å²) in [5, 5.41) is 2.71. The van der Waals surface area contributed by atoms with Gasteiger partial charge in [0.15, 0.2) is 10.7 Å². The topological polar surface area (TPSA) is 90.0 Å². The van der Waals surface area contributed by atoms with Crippen LogP contribution in [0.1, 0.15) is 25.0 Å². The average molecular weight is 324 g/mol. The molecule has 6 nitrogen and oxygen atoms in total. The predicted molar refractivity (Wildman–Crippen MR) is 66.6 cm³/mol. The van der Waals surface area contributed by atoms with Gasteiger partial charge in [-0.15, -0.1) is 0 Å². The fraction of sp³-hybridized carbons (Fsp3) is 0.727. The Labute approximate surface area is 119 Å². The third kappa shape index (κ3) is 2.44. The first-order valence-corrected chi connectivity index (χ1v) is 7.91. The lowest BCUT2D eigenvalue weighted by molar-refractivity contribution is -0.141. The van der Waals surface area contributed by atoms with Crippen molar-refractivity contribution in [3.63, 3.8) is 0 Å². The molecule has 1 atom stereocenters. The molecule has 10 heteroatoms. The second-order valence-corrected chi connectivity index (χ2v) is 7.55. The van der Waals surface area contributed by atoms with Gasteiger partial charge in [-0.3, -0.25) is 4.68 Å². The fourth-order valence-corrected chi connectivity index (χ4v) is 4.36. The molecule has 1 aromatic rings. The van der Waals surface area contributed by atoms with Crippen LogP contribution in [0.15, 0.2) is 11.1 Å². The lowest BCUT2D eigenvalue weighted by Gasteiger charge is -2.36. The Morgan fingerprint density at radius 2 is 2.00 bits per heavy atom. The van der Waals surface area contributed by atoms with Crippen molar-refractivity contribution in [2.45, 2.75) is 42.5 Å². The van der Waals surface area contributed by atoms with Crippen molar-refractivity contribution < 1.29 is 21.6 Å². The lowest BCUT2D eigenvalue weighted by Crippen LogP contribution is -2.47. The Balaban J connectivity index is 1.75. The SMILES string of the molecule is Cn1nc(C(F)(F)F)cc1S(=O)(=O)NC1CC2(C1)CC2N. The van der Waals surface area contributed by atoms with Gasteiger partial charge >= 0.3 is 6.18 Å². The van der Waals surface area contributed by atoms with Gasteiger partial charge in [-0.05, 0) is 24.7 Å². The monoisotopic (exact) mass is 324 g/mol. The molecule has 1 aromatic heterocycles. The molecule has 118 valence electrons. The van der Waals surface area contributed by atoms with Crippen molar-refractivity contribution in [3.8, 4) is 0 Å². The van der Waals surface area contributed by atoms with Gasteiger partial charge < -0.3 is 5.73 Å². The van der Waals surface area contributed by atoms with E-state index in [2.05, 4.69) is 9.82 Å². The summed E-state index contributed by atoms with van der Waals surface area (Å²) in [5.41, 5.74) is 4.59. The number of hydrogen-bond donors (Lipinski definition) is 2. The van der Waals surface area contributed by atoms with Gasteiger partial charge in [0.25, 0.3) is 10.0 Å². The zero-order valence-electron chi connectivity index (χ0n) is 11.2. The van der Waals surface area contributed by atoms with E-state index in [-0.39, 0.29) is 17.5 Å². The zero-order chi connectivity index (χ0) is 15.6. The van der Waals surface area contributed by atoms with Crippen molar-refractivity contribution in [2.75, 3.05) is 0 Å². The quantitative estimate of drug-likeness (QED) is 0.852. The number of nitrogens with zero attached hydrogens (tertiary/aromatic N) is 2. The summed E-state index contributed by atoms with van der Waals surface area (Å²) in [5.74, 6) is 0. The third-order valence-corrected chi connectivity index (χ3v) is 5.86. The second-order valence-electron chi connectivity index (χ2n) is 5.89. The Morgan fingerprint density at radius 3 is 2.43 bits per heavy atom. The molecule has 3 N–H and O–H groups in total. The molecule has 1 spiro atoms. The van der Waals surface area contributed by atoms with E-state index in [1.165, 1.54) is 7.05 Å². The summed E-state index contributed by atoms with van der Waals surface area (Å²) in [6.45, 7) is 0. The van der Waals surface area contributed by atoms with Crippen LogP contribution in [0.5, 0.6) is 0 Å². The van der Waals surface area contributed by atoms with Crippen LogP contribution in [-0.2, 0) is 23.2 Å². The number of sulfonamides is 1. The molecule has 2 aliphatic carbocycles. The number of alkyl halides is 3. The Bertz CT molecular complexity index is 676. The van der Waals surface area contributed by atoms with E-state index in [1.807, 2.05) is 0 Å². The molecule has 0 radical (unpaired) electrons. The van der Waals surface area contributed by atoms with Crippen LogP contribution < -0.4 is 10.5 Å². The first-order valence-electron chi connectivity index (χ1n) is 6.43. The van der Waals surface area contributed by atoms with E-state index >= 15 is 0 Å². The highest BCUT2D eigenvalue weighted by Gasteiger charge is 2.60. The maximum Gasteiger partial charge on any atom is 0.435 e. The smallest absolute Gasteiger partial charge is 0.327 e. The summed E-state index contributed by atoms with van der Waals surface area (Å²) in [7, 11) is -2.85. The van der Waals surface area contributed by atoms with Crippen LogP contribution in [0, 0.1) is 5.41 Å². The van der Waals surface area contributed by atoms with E-state index < -0.39 is 26.9 Å². The summed E-state index contributed by atoms with van der Waals surface area (Å²) in [4.78, 5) is 0. The van der Waals surface area contributed by atoms with Crippen LogP contribution in [0.3, 0.4) is 0 Å². The molecule has 1 heterocycles. The summed E-state index contributed by atoms with van der Waals surface area (Å²) in [6, 6.07) is 0.388. The Hall–Kier alpha value is -1.13. The zero-order valence-corrected chi connectivity index (χ0v) is 12.0. The van der Waals surface area contributed by atoms with E-state index in [4.69, 9.17) is 5.73 Å². The summed E-state index contributed by atoms with van der Waals surface area (Å²) in [6.07, 6.45) is -2.52. The first-order chi connectivity index (χ1) is 9.53. The van der Waals surface area contributed by atoms with E-state index in [9.17, 15) is 21.6 Å². The average Bonchev–Trinajstić information content (AvgIpc) is 2.77. The number of rotatable bonds is 3. The molecule has 2 saturated carbocycles. The van der Waals surface area contributed by atoms with Crippen molar-refractivity contribution in [1.29, 1.82) is 0 Å². The fourth-order valence-electron chi connectivity index (χ4n) is 2.97. The highest BCUT2D eigenvalue weighted by atomic mass is 32.2. The van der Waals surface area contributed by atoms with E-state index in [0.29, 0.717) is 18.9 Å². The number of halogens is 3. The maximum atomic E-state index is 12.6. The molecule has 1 unspecified atom stereocenters. The van der Waals surface area contributed by atoms with E-state index in [0.717, 1.165) is 11.1 Å². The van der Waals surface area contributed by atoms with Gasteiger partial charge in [0.1, 0.15) is 0 Å². The predicted octanol–water partition coefficient (Wildman–Crippen LogP) is 0.597. The molecule has 0 bridgehead atoms. The molecular weight excluding hydrogens is 309 g/mol. The first kappa shape index (κ1) is 14.8. The van der Waals surface area contributed by atoms with Gasteiger partial charge in [-0.25, -0.2) is 13.1 Å². The lowest BCUT2D eigenvalue weighted by atomic mass is 9.77. The van der Waals surface area contributed by atoms with Crippen molar-refractivity contribution in [3.05, 3.63) is 11.8 Å². The van der Waals surface area contributed by atoms with Crippen LogP contribution in [0.2, 0.25) is 0 Å². The highest BCUT2D eigenvalue weighted by Crippen LogP contribution is 2.59. The molecule has 0 aliphatic heterocycles. The third-order valence-electron chi connectivity index (χ3n) is 4.28. The minimum Gasteiger partial charge on any atom is -0.327 e. The van der Waals surface area contributed by atoms with Gasteiger partial charge in [-0.2, -0.15) is 18.3 Å². The molecule has 0 amide bonds. The molecule has 0 aromatic carbocycles. The van der Waals surface area contributed by atoms with Crippen LogP contribution in [0.25, 0.3) is 0 Å². The number of nitrogens with one attached hydrogen (secondary N) is 1. The van der Waals surface area contributed by atoms with Gasteiger partial charge in [0.2, 0.25) is 0 Å². The molecule has 2 aliphatic rings. The number of aromatic nitrogens is 2. The molecule has 21 heavy (non-hydrogen) atoms. The molecule has 0 saturated heterocycles. The Kier molecular flexibility index (Phi) is 2.96. The van der Waals surface area contributed by atoms with Gasteiger partial charge in [0.05, 0.1) is 0 Å².